The molecule has 148 valence electrons. The maximum absolute atomic E-state index is 11.9. The van der Waals surface area contributed by atoms with Crippen molar-refractivity contribution in [1.29, 1.82) is 0 Å². The van der Waals surface area contributed by atoms with Crippen molar-refractivity contribution >= 4 is 13.5 Å². The molecule has 1 aromatic carbocycles. The minimum atomic E-state index is -3.91. The summed E-state index contributed by atoms with van der Waals surface area (Å²) in [7, 11) is 0.505. The molecule has 0 unspecified atom stereocenters. The molecule has 0 saturated heterocycles. The second kappa shape index (κ2) is 10.2. The lowest BCUT2D eigenvalue weighted by Gasteiger charge is -2.28. The highest BCUT2D eigenvalue weighted by Crippen LogP contribution is 2.35. The van der Waals surface area contributed by atoms with Crippen LogP contribution in [-0.4, -0.2) is 58.4 Å². The van der Waals surface area contributed by atoms with Gasteiger partial charge < -0.3 is 19.2 Å². The predicted octanol–water partition coefficient (Wildman–Crippen LogP) is 2.98. The Morgan fingerprint density at radius 3 is 2.15 bits per heavy atom. The molecule has 1 aromatic rings. The van der Waals surface area contributed by atoms with E-state index in [-0.39, 0.29) is 12.1 Å². The maximum Gasteiger partial charge on any atom is 0.325 e. The summed E-state index contributed by atoms with van der Waals surface area (Å²) >= 11 is 0. The van der Waals surface area contributed by atoms with Crippen molar-refractivity contribution in [3.8, 4) is 0 Å². The smallest absolute Gasteiger partial charge is 0.325 e. The Hall–Kier alpha value is -1.20. The summed E-state index contributed by atoms with van der Waals surface area (Å²) in [5.41, 5.74) is 2.38. The number of hydrogen-bond donors (Lipinski definition) is 2. The van der Waals surface area contributed by atoms with Crippen LogP contribution in [0.15, 0.2) is 24.3 Å². The van der Waals surface area contributed by atoms with E-state index >= 15 is 0 Å². The van der Waals surface area contributed by atoms with E-state index in [2.05, 4.69) is 45.3 Å². The lowest BCUT2D eigenvalue weighted by molar-refractivity contribution is -0.901. The van der Waals surface area contributed by atoms with E-state index in [4.69, 9.17) is 9.79 Å². The predicted molar refractivity (Wildman–Crippen MR) is 105 cm³/mol. The molecule has 0 heterocycles. The zero-order valence-corrected chi connectivity index (χ0v) is 17.4. The molecular weight excluding hydrogens is 351 g/mol. The fourth-order valence-corrected chi connectivity index (χ4v) is 3.36. The minimum absolute atomic E-state index is 0.0212. The number of benzene rings is 1. The fourth-order valence-electron chi connectivity index (χ4n) is 2.72. The van der Waals surface area contributed by atoms with Crippen LogP contribution in [0, 0.1) is 0 Å². The first-order valence-corrected chi connectivity index (χ1v) is 11.0. The van der Waals surface area contributed by atoms with E-state index in [1.165, 1.54) is 5.56 Å². The molecule has 0 spiro atoms. The molecule has 0 atom stereocenters. The first-order valence-electron chi connectivity index (χ1n) is 9.22. The van der Waals surface area contributed by atoms with Gasteiger partial charge in [-0.3, -0.25) is 9.36 Å². The molecule has 0 radical (unpaired) electrons. The van der Waals surface area contributed by atoms with Crippen molar-refractivity contribution in [2.45, 2.75) is 46.2 Å². The lowest BCUT2D eigenvalue weighted by Crippen LogP contribution is -2.38. The second-order valence-electron chi connectivity index (χ2n) is 7.62. The molecule has 0 aliphatic rings. The molecule has 26 heavy (non-hydrogen) atoms. The first-order chi connectivity index (χ1) is 12.0. The van der Waals surface area contributed by atoms with Crippen molar-refractivity contribution < 1.29 is 23.6 Å². The number of carbonyl (C=O) groups is 1. The summed E-state index contributed by atoms with van der Waals surface area (Å²) in [6.07, 6.45) is 1.86. The maximum atomic E-state index is 11.9. The number of quaternary nitrogens is 1. The molecular formula is C19H34N2O4P+. The number of nitrogens with zero attached hydrogens (tertiary/aromatic N) is 2. The highest BCUT2D eigenvalue weighted by atomic mass is 31.2. The third-order valence-electron chi connectivity index (χ3n) is 4.69. The average Bonchev–Trinajstić information content (AvgIpc) is 2.53. The van der Waals surface area contributed by atoms with Crippen LogP contribution in [0.1, 0.15) is 44.2 Å². The average molecular weight is 385 g/mol. The van der Waals surface area contributed by atoms with Gasteiger partial charge in [0.25, 0.3) is 0 Å². The molecule has 1 rings (SSSR count). The topological polar surface area (TPSA) is 77.8 Å². The second-order valence-corrected chi connectivity index (χ2v) is 9.39. The summed E-state index contributed by atoms with van der Waals surface area (Å²) in [6.45, 7) is 6.97. The quantitative estimate of drug-likeness (QED) is 0.349. The number of carbonyl (C=O) groups excluding carboxylic acids is 1. The number of hydrogen-bond acceptors (Lipinski definition) is 2. The van der Waals surface area contributed by atoms with E-state index in [1.807, 2.05) is 0 Å². The molecule has 7 heteroatoms. The van der Waals surface area contributed by atoms with Crippen LogP contribution in [0.4, 0.5) is 0 Å². The summed E-state index contributed by atoms with van der Waals surface area (Å²) in [5, 5.41) is 0. The lowest BCUT2D eigenvalue weighted by atomic mass is 10.1. The zero-order chi connectivity index (χ0) is 19.8. The monoisotopic (exact) mass is 385 g/mol. The van der Waals surface area contributed by atoms with E-state index in [0.717, 1.165) is 29.6 Å². The van der Waals surface area contributed by atoms with Crippen molar-refractivity contribution in [3.63, 3.8) is 0 Å². The Morgan fingerprint density at radius 1 is 1.08 bits per heavy atom. The van der Waals surface area contributed by atoms with Crippen LogP contribution in [0.3, 0.4) is 0 Å². The van der Waals surface area contributed by atoms with Gasteiger partial charge in [-0.05, 0) is 25.3 Å². The van der Waals surface area contributed by atoms with E-state index in [9.17, 15) is 9.36 Å². The van der Waals surface area contributed by atoms with Gasteiger partial charge in [0.05, 0.1) is 20.6 Å². The number of amides is 1. The molecule has 0 aliphatic heterocycles. The standard InChI is InChI=1S/C19H33N2O4P/c1-5-21(3,4)16-19-11-9-18(10-12-19)15-20(17(2)22)13-7-6-8-14-26(23,24)25/h9-12H,5-8,13-16H2,1-4H3,(H-,23,24,25)/p+1. The van der Waals surface area contributed by atoms with Gasteiger partial charge in [-0.2, -0.15) is 0 Å². The van der Waals surface area contributed by atoms with Gasteiger partial charge in [0.15, 0.2) is 0 Å². The zero-order valence-electron chi connectivity index (χ0n) is 16.5. The van der Waals surface area contributed by atoms with Gasteiger partial charge in [0, 0.05) is 31.7 Å². The van der Waals surface area contributed by atoms with Gasteiger partial charge >= 0.3 is 7.60 Å². The van der Waals surface area contributed by atoms with Gasteiger partial charge in [0.1, 0.15) is 6.54 Å². The third kappa shape index (κ3) is 9.48. The summed E-state index contributed by atoms with van der Waals surface area (Å²) < 4.78 is 11.8. The Bertz CT molecular complexity index is 610. The van der Waals surface area contributed by atoms with Crippen LogP contribution in [-0.2, 0) is 22.4 Å². The highest BCUT2D eigenvalue weighted by Gasteiger charge is 2.14. The van der Waals surface area contributed by atoms with Crippen molar-refractivity contribution in [2.24, 2.45) is 0 Å². The molecule has 0 aromatic heterocycles. The first kappa shape index (κ1) is 22.8. The Morgan fingerprint density at radius 2 is 1.65 bits per heavy atom. The van der Waals surface area contributed by atoms with Gasteiger partial charge in [-0.15, -0.1) is 0 Å². The summed E-state index contributed by atoms with van der Waals surface area (Å²) in [4.78, 5) is 31.4. The minimum Gasteiger partial charge on any atom is -0.339 e. The van der Waals surface area contributed by atoms with Crippen LogP contribution >= 0.6 is 7.60 Å². The van der Waals surface area contributed by atoms with Crippen molar-refractivity contribution in [3.05, 3.63) is 35.4 Å². The van der Waals surface area contributed by atoms with Crippen LogP contribution in [0.25, 0.3) is 0 Å². The molecule has 6 nitrogen and oxygen atoms in total. The normalized spacial score (nSPS) is 12.2. The van der Waals surface area contributed by atoms with Crippen molar-refractivity contribution in [2.75, 3.05) is 33.3 Å². The molecule has 0 aliphatic carbocycles. The number of unbranched alkanes of at least 4 members (excludes halogenated alkanes) is 2. The van der Waals surface area contributed by atoms with E-state index in [1.54, 1.807) is 11.8 Å². The summed E-state index contributed by atoms with van der Waals surface area (Å²) in [6, 6.07) is 8.41. The SMILES string of the molecule is CC[N+](C)(C)Cc1ccc(CN(CCCCCP(=O)(O)O)C(C)=O)cc1. The Kier molecular flexibility index (Phi) is 8.97. The molecule has 0 fully saturated rings. The van der Waals surface area contributed by atoms with Crippen LogP contribution in [0.5, 0.6) is 0 Å². The van der Waals surface area contributed by atoms with Crippen LogP contribution in [0.2, 0.25) is 0 Å². The number of rotatable bonds is 11. The molecule has 1 amide bonds. The highest BCUT2D eigenvalue weighted by molar-refractivity contribution is 7.51. The molecule has 0 saturated carbocycles. The van der Waals surface area contributed by atoms with Crippen molar-refractivity contribution in [1.82, 2.24) is 4.90 Å². The van der Waals surface area contributed by atoms with Crippen LogP contribution < -0.4 is 0 Å². The largest absolute Gasteiger partial charge is 0.339 e. The van der Waals surface area contributed by atoms with Gasteiger partial charge in [-0.1, -0.05) is 30.7 Å². The molecule has 0 bridgehead atoms. The Labute approximate surface area is 157 Å². The fraction of sp³-hybridized carbons (Fsp3) is 0.632. The van der Waals surface area contributed by atoms with Gasteiger partial charge in [-0.25, -0.2) is 0 Å². The van der Waals surface area contributed by atoms with E-state index in [0.29, 0.717) is 25.9 Å². The Balaban J connectivity index is 2.51. The van der Waals surface area contributed by atoms with E-state index < -0.39 is 7.60 Å². The summed E-state index contributed by atoms with van der Waals surface area (Å²) in [5.74, 6) is 0.0212. The third-order valence-corrected chi connectivity index (χ3v) is 5.58. The van der Waals surface area contributed by atoms with Gasteiger partial charge in [0.2, 0.25) is 5.91 Å². The molecule has 2 N–H and O–H groups in total.